The van der Waals surface area contributed by atoms with Crippen molar-refractivity contribution < 1.29 is 24.5 Å². The molecule has 1 heterocycles. The van der Waals surface area contributed by atoms with Gasteiger partial charge in [-0.05, 0) is 37.1 Å². The molecule has 1 aliphatic rings. The van der Waals surface area contributed by atoms with Gasteiger partial charge in [0.05, 0.1) is 19.3 Å². The predicted molar refractivity (Wildman–Crippen MR) is 87.4 cm³/mol. The molecular weight excluding hydrogens is 312 g/mol. The Hall–Kier alpha value is -2.38. The highest BCUT2D eigenvalue weighted by molar-refractivity contribution is 6.07. The molecule has 0 aromatic heterocycles. The number of carbonyl (C=O) groups excluding carboxylic acids is 2. The van der Waals surface area contributed by atoms with E-state index in [1.807, 2.05) is 6.92 Å². The lowest BCUT2D eigenvalue weighted by Crippen LogP contribution is -2.42. The lowest BCUT2D eigenvalue weighted by Gasteiger charge is -2.23. The normalized spacial score (nSPS) is 21.6. The van der Waals surface area contributed by atoms with E-state index in [1.165, 1.54) is 0 Å². The molecule has 0 bridgehead atoms. The standard InChI is InChI=1S/C17H22N2O5/c1-11(2)10-24-14-6-4-12(5-7-14)17(3)15(22)19(16(23)18-17)8-13(21)9-20/h4-7,13,20-21H,1,8-10H2,2-3H3,(H,18,23). The molecule has 0 aliphatic carbocycles. The van der Waals surface area contributed by atoms with Crippen molar-refractivity contribution >= 4 is 11.9 Å². The summed E-state index contributed by atoms with van der Waals surface area (Å²) in [6, 6.07) is 6.25. The van der Waals surface area contributed by atoms with Crippen molar-refractivity contribution in [1.82, 2.24) is 10.2 Å². The summed E-state index contributed by atoms with van der Waals surface area (Å²) >= 11 is 0. The molecule has 3 amide bonds. The van der Waals surface area contributed by atoms with Crippen molar-refractivity contribution in [3.8, 4) is 5.75 Å². The van der Waals surface area contributed by atoms with Crippen LogP contribution >= 0.6 is 0 Å². The zero-order valence-corrected chi connectivity index (χ0v) is 13.8. The average molecular weight is 334 g/mol. The van der Waals surface area contributed by atoms with Crippen molar-refractivity contribution in [2.45, 2.75) is 25.5 Å². The van der Waals surface area contributed by atoms with Gasteiger partial charge < -0.3 is 20.3 Å². The Balaban J connectivity index is 2.17. The molecule has 2 atom stereocenters. The Morgan fingerprint density at radius 2 is 2.00 bits per heavy atom. The Morgan fingerprint density at radius 3 is 2.54 bits per heavy atom. The van der Waals surface area contributed by atoms with Gasteiger partial charge in [0.15, 0.2) is 0 Å². The third-order valence-corrected chi connectivity index (χ3v) is 3.80. The average Bonchev–Trinajstić information content (AvgIpc) is 2.77. The molecule has 2 unspecified atom stereocenters. The summed E-state index contributed by atoms with van der Waals surface area (Å²) < 4.78 is 5.51. The van der Waals surface area contributed by atoms with Crippen LogP contribution in [0.5, 0.6) is 5.75 Å². The Bertz CT molecular complexity index is 643. The van der Waals surface area contributed by atoms with Crippen molar-refractivity contribution in [3.63, 3.8) is 0 Å². The van der Waals surface area contributed by atoms with Crippen LogP contribution in [-0.2, 0) is 10.3 Å². The SMILES string of the molecule is C=C(C)COc1ccc(C2(C)NC(=O)N(CC(O)CO)C2=O)cc1. The maximum atomic E-state index is 12.6. The third-order valence-electron chi connectivity index (χ3n) is 3.80. The van der Waals surface area contributed by atoms with Crippen LogP contribution in [0.2, 0.25) is 0 Å². The van der Waals surface area contributed by atoms with Gasteiger partial charge in [-0.2, -0.15) is 0 Å². The number of urea groups is 1. The Kier molecular flexibility index (Phi) is 5.26. The van der Waals surface area contributed by atoms with E-state index in [2.05, 4.69) is 11.9 Å². The summed E-state index contributed by atoms with van der Waals surface area (Å²) in [5.41, 5.74) is 0.269. The van der Waals surface area contributed by atoms with Crippen LogP contribution in [0.1, 0.15) is 19.4 Å². The number of hydrogen-bond acceptors (Lipinski definition) is 5. The molecule has 0 radical (unpaired) electrons. The number of rotatable bonds is 7. The third kappa shape index (κ3) is 3.58. The van der Waals surface area contributed by atoms with Crippen LogP contribution < -0.4 is 10.1 Å². The van der Waals surface area contributed by atoms with Crippen molar-refractivity contribution in [2.75, 3.05) is 19.8 Å². The van der Waals surface area contributed by atoms with Crippen LogP contribution in [0.4, 0.5) is 4.79 Å². The minimum absolute atomic E-state index is 0.253. The van der Waals surface area contributed by atoms with Crippen molar-refractivity contribution in [2.24, 2.45) is 0 Å². The highest BCUT2D eigenvalue weighted by atomic mass is 16.5. The van der Waals surface area contributed by atoms with Gasteiger partial charge in [-0.1, -0.05) is 18.7 Å². The summed E-state index contributed by atoms with van der Waals surface area (Å²) in [4.78, 5) is 25.5. The van der Waals surface area contributed by atoms with E-state index >= 15 is 0 Å². The fourth-order valence-electron chi connectivity index (χ4n) is 2.42. The first kappa shape index (κ1) is 18.0. The van der Waals surface area contributed by atoms with Crippen LogP contribution in [0.15, 0.2) is 36.4 Å². The molecule has 2 rings (SSSR count). The topological polar surface area (TPSA) is 99.1 Å². The maximum Gasteiger partial charge on any atom is 0.325 e. The number of hydrogen-bond donors (Lipinski definition) is 3. The van der Waals surface area contributed by atoms with Gasteiger partial charge in [0.25, 0.3) is 5.91 Å². The van der Waals surface area contributed by atoms with Gasteiger partial charge in [0, 0.05) is 0 Å². The van der Waals surface area contributed by atoms with Gasteiger partial charge in [-0.3, -0.25) is 9.69 Å². The molecule has 24 heavy (non-hydrogen) atoms. The Labute approximate surface area is 140 Å². The summed E-state index contributed by atoms with van der Waals surface area (Å²) in [7, 11) is 0. The maximum absolute atomic E-state index is 12.6. The highest BCUT2D eigenvalue weighted by Crippen LogP contribution is 2.30. The molecule has 1 saturated heterocycles. The molecule has 1 fully saturated rings. The van der Waals surface area contributed by atoms with E-state index < -0.39 is 30.2 Å². The zero-order valence-electron chi connectivity index (χ0n) is 13.8. The van der Waals surface area contributed by atoms with Gasteiger partial charge >= 0.3 is 6.03 Å². The number of aliphatic hydroxyl groups excluding tert-OH is 2. The molecule has 7 nitrogen and oxygen atoms in total. The number of carbonyl (C=O) groups is 2. The molecule has 1 aromatic rings. The molecular formula is C17H22N2O5. The molecule has 130 valence electrons. The second-order valence-corrected chi connectivity index (χ2v) is 6.08. The lowest BCUT2D eigenvalue weighted by molar-refractivity contribution is -0.132. The summed E-state index contributed by atoms with van der Waals surface area (Å²) in [5.74, 6) is 0.158. The monoisotopic (exact) mass is 334 g/mol. The minimum Gasteiger partial charge on any atom is -0.489 e. The molecule has 3 N–H and O–H groups in total. The number of benzene rings is 1. The van der Waals surface area contributed by atoms with Gasteiger partial charge in [0.2, 0.25) is 0 Å². The van der Waals surface area contributed by atoms with Gasteiger partial charge in [-0.15, -0.1) is 0 Å². The fraction of sp³-hybridized carbons (Fsp3) is 0.412. The summed E-state index contributed by atoms with van der Waals surface area (Å²) in [6.45, 7) is 6.84. The van der Waals surface area contributed by atoms with Crippen LogP contribution in [0, 0.1) is 0 Å². The Morgan fingerprint density at radius 1 is 1.38 bits per heavy atom. The number of aliphatic hydroxyl groups is 2. The van der Waals surface area contributed by atoms with E-state index in [-0.39, 0.29) is 6.54 Å². The first-order valence-corrected chi connectivity index (χ1v) is 7.58. The first-order valence-electron chi connectivity index (χ1n) is 7.58. The second kappa shape index (κ2) is 7.02. The number of imide groups is 1. The predicted octanol–water partition coefficient (Wildman–Crippen LogP) is 0.762. The second-order valence-electron chi connectivity index (χ2n) is 6.08. The highest BCUT2D eigenvalue weighted by Gasteiger charge is 2.49. The molecule has 0 saturated carbocycles. The van der Waals surface area contributed by atoms with Crippen LogP contribution in [0.3, 0.4) is 0 Å². The molecule has 1 aliphatic heterocycles. The van der Waals surface area contributed by atoms with E-state index in [4.69, 9.17) is 9.84 Å². The number of ether oxygens (including phenoxy) is 1. The van der Waals surface area contributed by atoms with E-state index in [0.717, 1.165) is 10.5 Å². The van der Waals surface area contributed by atoms with E-state index in [9.17, 15) is 14.7 Å². The number of nitrogens with one attached hydrogen (secondary N) is 1. The van der Waals surface area contributed by atoms with Crippen LogP contribution in [-0.4, -0.2) is 52.9 Å². The van der Waals surface area contributed by atoms with E-state index in [0.29, 0.717) is 17.9 Å². The summed E-state index contributed by atoms with van der Waals surface area (Å²) in [6.07, 6.45) is -1.17. The van der Waals surface area contributed by atoms with Crippen molar-refractivity contribution in [1.29, 1.82) is 0 Å². The van der Waals surface area contributed by atoms with E-state index in [1.54, 1.807) is 31.2 Å². The first-order chi connectivity index (χ1) is 11.3. The zero-order chi connectivity index (χ0) is 17.9. The number of β-amino-alcohol motifs (C(OH)–C–C–N with tert-alkyl or cyclic N) is 1. The smallest absolute Gasteiger partial charge is 0.325 e. The minimum atomic E-state index is -1.22. The quantitative estimate of drug-likeness (QED) is 0.505. The molecule has 0 spiro atoms. The fourth-order valence-corrected chi connectivity index (χ4v) is 2.42. The summed E-state index contributed by atoms with van der Waals surface area (Å²) in [5, 5.41) is 21.0. The lowest BCUT2D eigenvalue weighted by atomic mass is 9.92. The molecule has 1 aromatic carbocycles. The van der Waals surface area contributed by atoms with Gasteiger partial charge in [-0.25, -0.2) is 4.79 Å². The van der Waals surface area contributed by atoms with Crippen molar-refractivity contribution in [3.05, 3.63) is 42.0 Å². The largest absolute Gasteiger partial charge is 0.489 e. The number of amides is 3. The molecule has 7 heteroatoms. The number of nitrogens with zero attached hydrogens (tertiary/aromatic N) is 1. The van der Waals surface area contributed by atoms with Gasteiger partial charge in [0.1, 0.15) is 17.9 Å². The van der Waals surface area contributed by atoms with Crippen LogP contribution in [0.25, 0.3) is 0 Å².